The summed E-state index contributed by atoms with van der Waals surface area (Å²) in [6.07, 6.45) is 0. The summed E-state index contributed by atoms with van der Waals surface area (Å²) in [5, 5.41) is 2.88. The molecule has 1 atom stereocenters. The molecule has 1 N–H and O–H groups in total. The van der Waals surface area contributed by atoms with Gasteiger partial charge in [0.05, 0.1) is 38.1 Å². The molecule has 3 rings (SSSR count). The van der Waals surface area contributed by atoms with Crippen LogP contribution < -0.4 is 19.5 Å². The van der Waals surface area contributed by atoms with E-state index in [2.05, 4.69) is 5.32 Å². The predicted octanol–water partition coefficient (Wildman–Crippen LogP) is 3.91. The molecule has 0 fully saturated rings. The summed E-state index contributed by atoms with van der Waals surface area (Å²) in [6, 6.07) is 9.77. The second-order valence-corrected chi connectivity index (χ2v) is 7.66. The Hall–Kier alpha value is -3.68. The molecule has 1 unspecified atom stereocenters. The van der Waals surface area contributed by atoms with Crippen molar-refractivity contribution in [2.75, 3.05) is 34.5 Å². The molecule has 8 heteroatoms. The Labute approximate surface area is 194 Å². The summed E-state index contributed by atoms with van der Waals surface area (Å²) in [6.45, 7) is 5.94. The summed E-state index contributed by atoms with van der Waals surface area (Å²) < 4.78 is 22.2. The fourth-order valence-electron chi connectivity index (χ4n) is 3.64. The zero-order valence-electron chi connectivity index (χ0n) is 19.9. The first kappa shape index (κ1) is 24.0. The third-order valence-corrected chi connectivity index (χ3v) is 5.67. The number of carbonyl (C=O) groups is 2. The molecule has 2 aromatic rings. The van der Waals surface area contributed by atoms with Crippen molar-refractivity contribution in [3.63, 3.8) is 0 Å². The van der Waals surface area contributed by atoms with Crippen LogP contribution in [0.3, 0.4) is 0 Å². The number of rotatable bonds is 8. The van der Waals surface area contributed by atoms with Crippen LogP contribution in [0.4, 0.5) is 4.79 Å². The van der Waals surface area contributed by atoms with Crippen LogP contribution in [0.2, 0.25) is 0 Å². The van der Waals surface area contributed by atoms with Crippen molar-refractivity contribution in [3.05, 3.63) is 64.4 Å². The minimum absolute atomic E-state index is 0.00333. The normalized spacial score (nSPS) is 15.8. The maximum absolute atomic E-state index is 13.1. The Morgan fingerprint density at radius 1 is 1.03 bits per heavy atom. The van der Waals surface area contributed by atoms with E-state index in [-0.39, 0.29) is 24.8 Å². The molecule has 0 aromatic heterocycles. The molecule has 2 amide bonds. The molecular weight excluding hydrogens is 424 g/mol. The van der Waals surface area contributed by atoms with Crippen molar-refractivity contribution in [1.82, 2.24) is 10.2 Å². The number of urea groups is 1. The van der Waals surface area contributed by atoms with E-state index in [1.54, 1.807) is 39.3 Å². The zero-order valence-corrected chi connectivity index (χ0v) is 19.9. The fourth-order valence-corrected chi connectivity index (χ4v) is 3.64. The van der Waals surface area contributed by atoms with Gasteiger partial charge in [-0.15, -0.1) is 0 Å². The standard InChI is InChI=1S/C25H30N2O6/c1-7-32-24(28)22-20(14-33-18-9-8-15(2)16(3)12-18)27(4)25(29)26-23(22)19-13-17(30-5)10-11-21(19)31-6/h8-13,23H,7,14H2,1-6H3,(H,26,29). The van der Waals surface area contributed by atoms with Gasteiger partial charge in [-0.05, 0) is 62.2 Å². The van der Waals surface area contributed by atoms with Gasteiger partial charge in [-0.2, -0.15) is 0 Å². The van der Waals surface area contributed by atoms with Crippen molar-refractivity contribution < 1.29 is 28.5 Å². The summed E-state index contributed by atoms with van der Waals surface area (Å²) in [4.78, 5) is 27.4. The number of ether oxygens (including phenoxy) is 4. The van der Waals surface area contributed by atoms with E-state index < -0.39 is 12.0 Å². The lowest BCUT2D eigenvalue weighted by Gasteiger charge is -2.35. The lowest BCUT2D eigenvalue weighted by atomic mass is 9.93. The zero-order chi connectivity index (χ0) is 24.1. The van der Waals surface area contributed by atoms with Gasteiger partial charge in [0.25, 0.3) is 0 Å². The van der Waals surface area contributed by atoms with Crippen molar-refractivity contribution >= 4 is 12.0 Å². The molecule has 1 heterocycles. The average molecular weight is 455 g/mol. The first-order chi connectivity index (χ1) is 15.8. The number of methoxy groups -OCH3 is 2. The molecule has 0 saturated heterocycles. The SMILES string of the molecule is CCOC(=O)C1=C(COc2ccc(C)c(C)c2)N(C)C(=O)NC1c1cc(OC)ccc1OC. The highest BCUT2D eigenvalue weighted by molar-refractivity contribution is 5.95. The highest BCUT2D eigenvalue weighted by atomic mass is 16.5. The maximum Gasteiger partial charge on any atom is 0.338 e. The highest BCUT2D eigenvalue weighted by Crippen LogP contribution is 2.37. The first-order valence-electron chi connectivity index (χ1n) is 10.7. The highest BCUT2D eigenvalue weighted by Gasteiger charge is 2.38. The van der Waals surface area contributed by atoms with Crippen LogP contribution >= 0.6 is 0 Å². The minimum Gasteiger partial charge on any atom is -0.497 e. The second-order valence-electron chi connectivity index (χ2n) is 7.66. The number of esters is 1. The van der Waals surface area contributed by atoms with Gasteiger partial charge in [0.1, 0.15) is 23.9 Å². The van der Waals surface area contributed by atoms with E-state index in [4.69, 9.17) is 18.9 Å². The van der Waals surface area contributed by atoms with E-state index >= 15 is 0 Å². The molecule has 1 aliphatic rings. The Morgan fingerprint density at radius 2 is 1.76 bits per heavy atom. The fraction of sp³-hybridized carbons (Fsp3) is 0.360. The molecule has 1 aliphatic heterocycles. The van der Waals surface area contributed by atoms with Crippen molar-refractivity contribution in [3.8, 4) is 17.2 Å². The Morgan fingerprint density at radius 3 is 2.39 bits per heavy atom. The molecule has 8 nitrogen and oxygen atoms in total. The van der Waals surface area contributed by atoms with E-state index in [9.17, 15) is 9.59 Å². The van der Waals surface area contributed by atoms with E-state index in [1.807, 2.05) is 32.0 Å². The lowest BCUT2D eigenvalue weighted by molar-refractivity contribution is -0.139. The van der Waals surface area contributed by atoms with E-state index in [0.717, 1.165) is 11.1 Å². The molecule has 0 bridgehead atoms. The van der Waals surface area contributed by atoms with Crippen LogP contribution in [0, 0.1) is 13.8 Å². The number of carbonyl (C=O) groups excluding carboxylic acids is 2. The summed E-state index contributed by atoms with van der Waals surface area (Å²) in [7, 11) is 4.66. The van der Waals surface area contributed by atoms with E-state index in [0.29, 0.717) is 28.5 Å². The van der Waals surface area contributed by atoms with E-state index in [1.165, 1.54) is 12.0 Å². The van der Waals surface area contributed by atoms with Gasteiger partial charge in [-0.1, -0.05) is 6.07 Å². The molecule has 0 aliphatic carbocycles. The van der Waals surface area contributed by atoms with Gasteiger partial charge in [0.15, 0.2) is 0 Å². The number of hydrogen-bond donors (Lipinski definition) is 1. The molecule has 0 spiro atoms. The van der Waals surface area contributed by atoms with Crippen LogP contribution in [-0.2, 0) is 9.53 Å². The number of aryl methyl sites for hydroxylation is 2. The number of hydrogen-bond acceptors (Lipinski definition) is 6. The number of benzene rings is 2. The number of amides is 2. The Bertz CT molecular complexity index is 1080. The largest absolute Gasteiger partial charge is 0.497 e. The van der Waals surface area contributed by atoms with Gasteiger partial charge in [0.2, 0.25) is 0 Å². The molecule has 0 radical (unpaired) electrons. The van der Waals surface area contributed by atoms with Crippen LogP contribution in [-0.4, -0.2) is 51.4 Å². The maximum atomic E-state index is 13.1. The predicted molar refractivity (Wildman–Crippen MR) is 124 cm³/mol. The number of nitrogens with zero attached hydrogens (tertiary/aromatic N) is 1. The molecular formula is C25H30N2O6. The topological polar surface area (TPSA) is 86.3 Å². The number of likely N-dealkylation sites (N-methyl/N-ethyl adjacent to an activating group) is 1. The van der Waals surface area contributed by atoms with Gasteiger partial charge in [0, 0.05) is 12.6 Å². The van der Waals surface area contributed by atoms with Crippen LogP contribution in [0.15, 0.2) is 47.7 Å². The summed E-state index contributed by atoms with van der Waals surface area (Å²) >= 11 is 0. The monoisotopic (exact) mass is 454 g/mol. The lowest BCUT2D eigenvalue weighted by Crippen LogP contribution is -2.48. The van der Waals surface area contributed by atoms with Gasteiger partial charge in [-0.3, -0.25) is 4.90 Å². The van der Waals surface area contributed by atoms with Crippen LogP contribution in [0.5, 0.6) is 17.2 Å². The average Bonchev–Trinajstić information content (AvgIpc) is 2.81. The first-order valence-corrected chi connectivity index (χ1v) is 10.7. The van der Waals surface area contributed by atoms with Gasteiger partial charge >= 0.3 is 12.0 Å². The third kappa shape index (κ3) is 5.05. The van der Waals surface area contributed by atoms with Crippen molar-refractivity contribution in [1.29, 1.82) is 0 Å². The smallest absolute Gasteiger partial charge is 0.338 e. The molecule has 33 heavy (non-hydrogen) atoms. The van der Waals surface area contributed by atoms with Crippen LogP contribution in [0.25, 0.3) is 0 Å². The van der Waals surface area contributed by atoms with Crippen molar-refractivity contribution in [2.24, 2.45) is 0 Å². The quantitative estimate of drug-likeness (QED) is 0.609. The Balaban J connectivity index is 2.10. The Kier molecular flexibility index (Phi) is 7.48. The van der Waals surface area contributed by atoms with Gasteiger partial charge < -0.3 is 24.3 Å². The van der Waals surface area contributed by atoms with Gasteiger partial charge in [-0.25, -0.2) is 9.59 Å². The van der Waals surface area contributed by atoms with Crippen molar-refractivity contribution in [2.45, 2.75) is 26.8 Å². The summed E-state index contributed by atoms with van der Waals surface area (Å²) in [5.74, 6) is 1.17. The molecule has 176 valence electrons. The molecule has 0 saturated carbocycles. The molecule has 2 aromatic carbocycles. The van der Waals surface area contributed by atoms with Crippen LogP contribution in [0.1, 0.15) is 29.7 Å². The summed E-state index contributed by atoms with van der Waals surface area (Å²) in [5.41, 5.74) is 3.48. The minimum atomic E-state index is -0.809. The number of nitrogens with one attached hydrogen (secondary N) is 1. The third-order valence-electron chi connectivity index (χ3n) is 5.67. The second kappa shape index (κ2) is 10.3.